The first-order chi connectivity index (χ1) is 12.9. The zero-order valence-electron chi connectivity index (χ0n) is 15.1. The number of benzene rings is 2. The van der Waals surface area contributed by atoms with E-state index >= 15 is 0 Å². The van der Waals surface area contributed by atoms with Crippen molar-refractivity contribution in [2.75, 3.05) is 13.2 Å². The maximum atomic E-state index is 11.8. The molecular weight excluding hydrogens is 366 g/mol. The van der Waals surface area contributed by atoms with Crippen LogP contribution in [0.1, 0.15) is 11.1 Å². The number of nitrogens with one attached hydrogen (secondary N) is 3. The van der Waals surface area contributed by atoms with Gasteiger partial charge in [-0.05, 0) is 49.8 Å². The van der Waals surface area contributed by atoms with Crippen molar-refractivity contribution in [3.05, 3.63) is 59.7 Å². The average molecular weight is 387 g/mol. The number of carbonyl (C=O) groups excluding carboxylic acids is 2. The van der Waals surface area contributed by atoms with Crippen LogP contribution < -0.4 is 25.6 Å². The quantitative estimate of drug-likeness (QED) is 0.517. The molecule has 0 aliphatic carbocycles. The van der Waals surface area contributed by atoms with Crippen LogP contribution in [0.5, 0.6) is 11.5 Å². The van der Waals surface area contributed by atoms with Gasteiger partial charge in [0.2, 0.25) is 0 Å². The van der Waals surface area contributed by atoms with Gasteiger partial charge >= 0.3 is 0 Å². The number of hydrazine groups is 1. The molecule has 0 atom stereocenters. The molecule has 0 unspecified atom stereocenters. The van der Waals surface area contributed by atoms with Gasteiger partial charge < -0.3 is 9.47 Å². The average Bonchev–Trinajstić information content (AvgIpc) is 2.65. The van der Waals surface area contributed by atoms with Gasteiger partial charge in [-0.15, -0.1) is 0 Å². The molecule has 0 aliphatic rings. The lowest BCUT2D eigenvalue weighted by Crippen LogP contribution is -2.50. The Kier molecular flexibility index (Phi) is 7.57. The Labute approximate surface area is 163 Å². The lowest BCUT2D eigenvalue weighted by Gasteiger charge is -2.12. The van der Waals surface area contributed by atoms with Crippen molar-refractivity contribution in [3.8, 4) is 11.5 Å². The molecule has 8 heteroatoms. The maximum absolute atomic E-state index is 11.8. The van der Waals surface area contributed by atoms with Crippen molar-refractivity contribution in [3.63, 3.8) is 0 Å². The number of hydrogen-bond acceptors (Lipinski definition) is 5. The predicted octanol–water partition coefficient (Wildman–Crippen LogP) is 1.78. The summed E-state index contributed by atoms with van der Waals surface area (Å²) in [6.45, 7) is 3.45. The highest BCUT2D eigenvalue weighted by Crippen LogP contribution is 2.15. The zero-order chi connectivity index (χ0) is 19.6. The van der Waals surface area contributed by atoms with Crippen LogP contribution in [0.3, 0.4) is 0 Å². The third kappa shape index (κ3) is 7.33. The molecule has 0 radical (unpaired) electrons. The fraction of sp³-hybridized carbons (Fsp3) is 0.211. The highest BCUT2D eigenvalue weighted by atomic mass is 32.1. The topological polar surface area (TPSA) is 88.7 Å². The Balaban J connectivity index is 1.64. The highest BCUT2D eigenvalue weighted by molar-refractivity contribution is 7.80. The molecule has 2 rings (SSSR count). The van der Waals surface area contributed by atoms with Crippen molar-refractivity contribution in [2.24, 2.45) is 0 Å². The number of para-hydroxylation sites is 1. The van der Waals surface area contributed by atoms with E-state index in [1.807, 2.05) is 44.2 Å². The molecule has 0 fully saturated rings. The molecule has 0 saturated carbocycles. The molecule has 3 N–H and O–H groups in total. The minimum atomic E-state index is -0.446. The van der Waals surface area contributed by atoms with Crippen LogP contribution in [-0.4, -0.2) is 30.1 Å². The van der Waals surface area contributed by atoms with E-state index in [1.54, 1.807) is 18.2 Å². The van der Waals surface area contributed by atoms with Gasteiger partial charge in [-0.2, -0.15) is 0 Å². The second kappa shape index (κ2) is 10.1. The predicted molar refractivity (Wildman–Crippen MR) is 105 cm³/mol. The Morgan fingerprint density at radius 1 is 0.889 bits per heavy atom. The van der Waals surface area contributed by atoms with E-state index in [9.17, 15) is 9.59 Å². The number of ether oxygens (including phenoxy) is 2. The molecule has 0 heterocycles. The first kappa shape index (κ1) is 20.2. The second-order valence-electron chi connectivity index (χ2n) is 5.71. The molecular formula is C19H21N3O4S. The summed E-state index contributed by atoms with van der Waals surface area (Å²) in [5, 5.41) is 2.36. The van der Waals surface area contributed by atoms with E-state index in [2.05, 4.69) is 16.2 Å². The van der Waals surface area contributed by atoms with Gasteiger partial charge in [-0.3, -0.25) is 25.8 Å². The van der Waals surface area contributed by atoms with E-state index < -0.39 is 11.8 Å². The smallest absolute Gasteiger partial charge is 0.276 e. The first-order valence-corrected chi connectivity index (χ1v) is 8.61. The number of amides is 2. The van der Waals surface area contributed by atoms with E-state index in [0.29, 0.717) is 11.5 Å². The van der Waals surface area contributed by atoms with Gasteiger partial charge in [0.1, 0.15) is 11.5 Å². The Hall–Kier alpha value is -3.13. The van der Waals surface area contributed by atoms with Crippen molar-refractivity contribution < 1.29 is 19.1 Å². The first-order valence-electron chi connectivity index (χ1n) is 8.20. The SMILES string of the molecule is Cc1ccc(OCC(=O)NC(=S)NNC(=O)COc2ccccc2C)cc1. The minimum absolute atomic E-state index is 0.0447. The minimum Gasteiger partial charge on any atom is -0.484 e. The third-order valence-electron chi connectivity index (χ3n) is 3.41. The van der Waals surface area contributed by atoms with Crippen LogP contribution in [0.15, 0.2) is 48.5 Å². The molecule has 2 amide bonds. The van der Waals surface area contributed by atoms with E-state index in [-0.39, 0.29) is 18.3 Å². The van der Waals surface area contributed by atoms with Crippen molar-refractivity contribution in [1.29, 1.82) is 0 Å². The number of carbonyl (C=O) groups is 2. The molecule has 0 saturated heterocycles. The molecule has 0 spiro atoms. The monoisotopic (exact) mass is 387 g/mol. The summed E-state index contributed by atoms with van der Waals surface area (Å²) in [6.07, 6.45) is 0. The highest BCUT2D eigenvalue weighted by Gasteiger charge is 2.08. The summed E-state index contributed by atoms with van der Waals surface area (Å²) < 4.78 is 10.7. The normalized spacial score (nSPS) is 9.85. The summed E-state index contributed by atoms with van der Waals surface area (Å²) in [5.74, 6) is 0.317. The Bertz CT molecular complexity index is 809. The van der Waals surface area contributed by atoms with Crippen LogP contribution in [0.4, 0.5) is 0 Å². The number of aryl methyl sites for hydroxylation is 2. The van der Waals surface area contributed by atoms with Crippen molar-refractivity contribution >= 4 is 29.1 Å². The number of hydrogen-bond donors (Lipinski definition) is 3. The Morgan fingerprint density at radius 2 is 1.56 bits per heavy atom. The fourth-order valence-corrected chi connectivity index (χ4v) is 2.17. The van der Waals surface area contributed by atoms with Gasteiger partial charge in [0, 0.05) is 0 Å². The molecule has 0 bridgehead atoms. The molecule has 0 aromatic heterocycles. The third-order valence-corrected chi connectivity index (χ3v) is 3.62. The van der Waals surface area contributed by atoms with Gasteiger partial charge in [-0.25, -0.2) is 0 Å². The Morgan fingerprint density at radius 3 is 2.26 bits per heavy atom. The lowest BCUT2D eigenvalue weighted by molar-refractivity contribution is -0.124. The van der Waals surface area contributed by atoms with Crippen molar-refractivity contribution in [1.82, 2.24) is 16.2 Å². The molecule has 0 aliphatic heterocycles. The maximum Gasteiger partial charge on any atom is 0.276 e. The molecule has 7 nitrogen and oxygen atoms in total. The molecule has 27 heavy (non-hydrogen) atoms. The van der Waals surface area contributed by atoms with Crippen LogP contribution in [0, 0.1) is 13.8 Å². The summed E-state index contributed by atoms with van der Waals surface area (Å²) in [4.78, 5) is 23.5. The fourth-order valence-electron chi connectivity index (χ4n) is 2.00. The summed E-state index contributed by atoms with van der Waals surface area (Å²) in [7, 11) is 0. The van der Waals surface area contributed by atoms with Crippen molar-refractivity contribution in [2.45, 2.75) is 13.8 Å². The summed E-state index contributed by atoms with van der Waals surface area (Å²) in [6, 6.07) is 14.7. The number of thiocarbonyl (C=S) groups is 1. The number of rotatable bonds is 6. The van der Waals surface area contributed by atoms with Gasteiger partial charge in [0.15, 0.2) is 18.3 Å². The standard InChI is InChI=1S/C19H21N3O4S/c1-13-7-9-15(10-8-13)25-11-17(23)20-19(27)22-21-18(24)12-26-16-6-4-3-5-14(16)2/h3-10H,11-12H2,1-2H3,(H,21,24)(H2,20,22,23,27). The van der Waals surface area contributed by atoms with E-state index in [0.717, 1.165) is 11.1 Å². The summed E-state index contributed by atoms with van der Waals surface area (Å²) >= 11 is 4.94. The van der Waals surface area contributed by atoms with Gasteiger partial charge in [-0.1, -0.05) is 35.9 Å². The van der Waals surface area contributed by atoms with E-state index in [1.165, 1.54) is 0 Å². The van der Waals surface area contributed by atoms with E-state index in [4.69, 9.17) is 21.7 Å². The largest absolute Gasteiger partial charge is 0.484 e. The van der Waals surface area contributed by atoms with Crippen LogP contribution in [-0.2, 0) is 9.59 Å². The summed E-state index contributed by atoms with van der Waals surface area (Å²) in [5.41, 5.74) is 6.80. The lowest BCUT2D eigenvalue weighted by atomic mass is 10.2. The zero-order valence-corrected chi connectivity index (χ0v) is 15.9. The van der Waals surface area contributed by atoms with Gasteiger partial charge in [0.05, 0.1) is 0 Å². The molecule has 2 aromatic rings. The van der Waals surface area contributed by atoms with Crippen LogP contribution in [0.25, 0.3) is 0 Å². The molecule has 142 valence electrons. The second-order valence-corrected chi connectivity index (χ2v) is 6.11. The van der Waals surface area contributed by atoms with Gasteiger partial charge in [0.25, 0.3) is 11.8 Å². The van der Waals surface area contributed by atoms with Crippen LogP contribution in [0.2, 0.25) is 0 Å². The van der Waals surface area contributed by atoms with Crippen LogP contribution >= 0.6 is 12.2 Å². The molecule has 2 aromatic carbocycles.